The highest BCUT2D eigenvalue weighted by Crippen LogP contribution is 2.68. The summed E-state index contributed by atoms with van der Waals surface area (Å²) in [4.78, 5) is 0. The number of hydrogen-bond acceptors (Lipinski definition) is 6. The Morgan fingerprint density at radius 2 is 1.58 bits per heavy atom. The Labute approximate surface area is 143 Å². The molecule has 2 heterocycles. The van der Waals surface area contributed by atoms with Crippen LogP contribution in [0.5, 0.6) is 0 Å². The molecule has 2 bridgehead atoms. The van der Waals surface area contributed by atoms with E-state index >= 15 is 0 Å². The van der Waals surface area contributed by atoms with Crippen LogP contribution < -0.4 is 0 Å². The third-order valence-corrected chi connectivity index (χ3v) is 6.31. The standard InChI is InChI=1S/C18H24N4O2/c1-5-12(6-2)13-17(9-19,10-20)18(11-21)14(22)24-15(23-13)16(18,7-3)8-4/h12-13,15,22H,5-8H2,1-4H3/t13-,15-,18+/m1/s1. The number of nitriles is 3. The number of nitrogens with zero attached hydrogens (tertiary/aromatic N) is 3. The van der Waals surface area contributed by atoms with Crippen LogP contribution in [0.4, 0.5) is 0 Å². The topological polar surface area (TPSA) is 114 Å². The third-order valence-electron chi connectivity index (χ3n) is 6.31. The predicted octanol–water partition coefficient (Wildman–Crippen LogP) is 3.50. The van der Waals surface area contributed by atoms with E-state index < -0.39 is 28.6 Å². The van der Waals surface area contributed by atoms with Gasteiger partial charge in [-0.2, -0.15) is 15.8 Å². The van der Waals surface area contributed by atoms with Gasteiger partial charge in [0.2, 0.25) is 12.2 Å². The van der Waals surface area contributed by atoms with Crippen molar-refractivity contribution in [3.63, 3.8) is 0 Å². The molecule has 2 aliphatic rings. The number of ether oxygens (including phenoxy) is 2. The summed E-state index contributed by atoms with van der Waals surface area (Å²) in [6.45, 7) is 7.74. The molecule has 0 radical (unpaired) electrons. The van der Waals surface area contributed by atoms with Gasteiger partial charge in [0.25, 0.3) is 0 Å². The van der Waals surface area contributed by atoms with E-state index in [0.29, 0.717) is 12.8 Å². The Balaban J connectivity index is 2.85. The van der Waals surface area contributed by atoms with Crippen molar-refractivity contribution in [3.8, 4) is 18.2 Å². The molecule has 0 amide bonds. The summed E-state index contributed by atoms with van der Waals surface area (Å²) in [5.74, 6) is -0.351. The van der Waals surface area contributed by atoms with Crippen molar-refractivity contribution in [2.24, 2.45) is 22.2 Å². The van der Waals surface area contributed by atoms with Crippen LogP contribution in [0, 0.1) is 61.6 Å². The van der Waals surface area contributed by atoms with Crippen molar-refractivity contribution in [2.75, 3.05) is 0 Å². The van der Waals surface area contributed by atoms with E-state index in [9.17, 15) is 15.8 Å². The first-order valence-corrected chi connectivity index (χ1v) is 8.59. The van der Waals surface area contributed by atoms with Gasteiger partial charge < -0.3 is 9.47 Å². The average molecular weight is 328 g/mol. The summed E-state index contributed by atoms with van der Waals surface area (Å²) >= 11 is 0. The maximum Gasteiger partial charge on any atom is 0.209 e. The molecule has 6 nitrogen and oxygen atoms in total. The molecule has 0 aliphatic carbocycles. The molecular weight excluding hydrogens is 304 g/mol. The van der Waals surface area contributed by atoms with Crippen LogP contribution in [-0.2, 0) is 9.47 Å². The van der Waals surface area contributed by atoms with Gasteiger partial charge in [0.15, 0.2) is 10.8 Å². The lowest BCUT2D eigenvalue weighted by Crippen LogP contribution is -2.65. The first kappa shape index (κ1) is 18.2. The van der Waals surface area contributed by atoms with Crippen LogP contribution in [0.1, 0.15) is 53.4 Å². The van der Waals surface area contributed by atoms with Crippen molar-refractivity contribution >= 4 is 5.90 Å². The van der Waals surface area contributed by atoms with Crippen LogP contribution in [0.25, 0.3) is 0 Å². The third kappa shape index (κ3) is 1.69. The van der Waals surface area contributed by atoms with Gasteiger partial charge in [0, 0.05) is 0 Å². The van der Waals surface area contributed by atoms with Crippen LogP contribution >= 0.6 is 0 Å². The van der Waals surface area contributed by atoms with E-state index in [1.54, 1.807) is 0 Å². The molecule has 2 rings (SSSR count). The minimum Gasteiger partial charge on any atom is -0.450 e. The van der Waals surface area contributed by atoms with Crippen molar-refractivity contribution < 1.29 is 9.47 Å². The van der Waals surface area contributed by atoms with Gasteiger partial charge in [-0.1, -0.05) is 40.5 Å². The van der Waals surface area contributed by atoms with Gasteiger partial charge >= 0.3 is 0 Å². The second-order valence-electron chi connectivity index (χ2n) is 6.67. The van der Waals surface area contributed by atoms with Crippen LogP contribution in [0.15, 0.2) is 0 Å². The van der Waals surface area contributed by atoms with Crippen molar-refractivity contribution in [1.82, 2.24) is 0 Å². The highest BCUT2D eigenvalue weighted by atomic mass is 16.7. The highest BCUT2D eigenvalue weighted by Gasteiger charge is 2.81. The fourth-order valence-corrected chi connectivity index (χ4v) is 4.75. The zero-order chi connectivity index (χ0) is 18.2. The Morgan fingerprint density at radius 1 is 1.04 bits per heavy atom. The maximum atomic E-state index is 10.2. The van der Waals surface area contributed by atoms with E-state index in [4.69, 9.17) is 14.9 Å². The quantitative estimate of drug-likeness (QED) is 0.829. The largest absolute Gasteiger partial charge is 0.450 e. The summed E-state index contributed by atoms with van der Waals surface area (Å²) in [5.41, 5.74) is -4.23. The predicted molar refractivity (Wildman–Crippen MR) is 86.3 cm³/mol. The summed E-state index contributed by atoms with van der Waals surface area (Å²) in [6.07, 6.45) is 0.912. The molecule has 0 aromatic carbocycles. The molecule has 6 heteroatoms. The zero-order valence-corrected chi connectivity index (χ0v) is 14.7. The molecule has 0 unspecified atom stereocenters. The smallest absolute Gasteiger partial charge is 0.209 e. The number of fused-ring (bicyclic) bond motifs is 2. The molecule has 2 fully saturated rings. The van der Waals surface area contributed by atoms with E-state index in [0.717, 1.165) is 12.8 Å². The van der Waals surface area contributed by atoms with Gasteiger partial charge in [-0.3, -0.25) is 5.41 Å². The van der Waals surface area contributed by atoms with Gasteiger partial charge in [-0.25, -0.2) is 0 Å². The first-order chi connectivity index (χ1) is 11.4. The molecule has 0 aromatic rings. The normalized spacial score (nSPS) is 32.5. The Bertz CT molecular complexity index is 631. The average Bonchev–Trinajstić information content (AvgIpc) is 2.79. The summed E-state index contributed by atoms with van der Waals surface area (Å²) in [5, 5.41) is 38.6. The van der Waals surface area contributed by atoms with Crippen molar-refractivity contribution in [1.29, 1.82) is 21.2 Å². The van der Waals surface area contributed by atoms with E-state index in [2.05, 4.69) is 18.2 Å². The molecule has 1 N–H and O–H groups in total. The Morgan fingerprint density at radius 3 is 1.96 bits per heavy atom. The second-order valence-corrected chi connectivity index (χ2v) is 6.67. The van der Waals surface area contributed by atoms with Gasteiger partial charge in [-0.05, 0) is 18.8 Å². The van der Waals surface area contributed by atoms with Crippen LogP contribution in [0.3, 0.4) is 0 Å². The second kappa shape index (κ2) is 6.08. The maximum absolute atomic E-state index is 10.2. The Hall–Kier alpha value is -2.10. The summed E-state index contributed by atoms with van der Waals surface area (Å²) < 4.78 is 11.8. The van der Waals surface area contributed by atoms with Crippen molar-refractivity contribution in [2.45, 2.75) is 65.8 Å². The van der Waals surface area contributed by atoms with E-state index in [1.165, 1.54) is 0 Å². The summed E-state index contributed by atoms with van der Waals surface area (Å²) in [7, 11) is 0. The van der Waals surface area contributed by atoms with Crippen LogP contribution in [-0.4, -0.2) is 18.3 Å². The fourth-order valence-electron chi connectivity index (χ4n) is 4.75. The molecule has 3 atom stereocenters. The SMILES string of the molecule is CCC(CC)[C@H]1O[C@@H]2OC(=N)[C@](C#N)(C1(C#N)C#N)C2(CC)CC. The zero-order valence-electron chi connectivity index (χ0n) is 14.7. The minimum atomic E-state index is -1.76. The Kier molecular flexibility index (Phi) is 4.62. The molecule has 0 aromatic heterocycles. The van der Waals surface area contributed by atoms with Gasteiger partial charge in [-0.15, -0.1) is 0 Å². The molecular formula is C18H24N4O2. The van der Waals surface area contributed by atoms with Crippen LogP contribution in [0.2, 0.25) is 0 Å². The molecule has 0 saturated carbocycles. The van der Waals surface area contributed by atoms with E-state index in [-0.39, 0.29) is 11.8 Å². The monoisotopic (exact) mass is 328 g/mol. The lowest BCUT2D eigenvalue weighted by atomic mass is 9.46. The number of hydrogen-bond donors (Lipinski definition) is 1. The molecule has 2 aliphatic heterocycles. The molecule has 0 spiro atoms. The lowest BCUT2D eigenvalue weighted by molar-refractivity contribution is -0.257. The molecule has 2 saturated heterocycles. The van der Waals surface area contributed by atoms with Crippen molar-refractivity contribution in [3.05, 3.63) is 0 Å². The molecule has 128 valence electrons. The molecule has 24 heavy (non-hydrogen) atoms. The van der Waals surface area contributed by atoms with Gasteiger partial charge in [0.1, 0.15) is 0 Å². The first-order valence-electron chi connectivity index (χ1n) is 8.59. The number of rotatable bonds is 5. The highest BCUT2D eigenvalue weighted by molar-refractivity contribution is 5.89. The minimum absolute atomic E-state index is 0.0549. The van der Waals surface area contributed by atoms with Gasteiger partial charge in [0.05, 0.1) is 29.7 Å². The number of nitrogens with one attached hydrogen (secondary N) is 1. The lowest BCUT2D eigenvalue weighted by Gasteiger charge is -2.53. The van der Waals surface area contributed by atoms with E-state index in [1.807, 2.05) is 27.7 Å². The fraction of sp³-hybridized carbons (Fsp3) is 0.778. The summed E-state index contributed by atoms with van der Waals surface area (Å²) in [6, 6.07) is 6.42.